The molecule has 1 aliphatic rings. The molecule has 1 aliphatic carbocycles. The topological polar surface area (TPSA) is 58.3 Å². The molecule has 2 atom stereocenters. The second-order valence-electron chi connectivity index (χ2n) is 6.10. The number of nitrogens with zero attached hydrogens (tertiary/aromatic N) is 5. The molecule has 1 heterocycles. The fraction of sp³-hybridized carbons (Fsp3) is 0.471. The molecule has 0 saturated heterocycles. The second kappa shape index (κ2) is 8.84. The summed E-state index contributed by atoms with van der Waals surface area (Å²) in [6, 6.07) is 8.50. The van der Waals surface area contributed by atoms with Crippen LogP contribution in [0.3, 0.4) is 0 Å². The van der Waals surface area contributed by atoms with E-state index < -0.39 is 0 Å². The summed E-state index contributed by atoms with van der Waals surface area (Å²) in [6.45, 7) is 3.44. The van der Waals surface area contributed by atoms with E-state index in [1.165, 1.54) is 5.56 Å². The van der Waals surface area contributed by atoms with Gasteiger partial charge >= 0.3 is 0 Å². The first-order valence-electron chi connectivity index (χ1n) is 8.19. The third-order valence-corrected chi connectivity index (χ3v) is 4.47. The molecule has 136 valence electrons. The van der Waals surface area contributed by atoms with E-state index in [2.05, 4.69) is 31.4 Å². The van der Waals surface area contributed by atoms with Gasteiger partial charge in [-0.2, -0.15) is 5.10 Å². The summed E-state index contributed by atoms with van der Waals surface area (Å²) >= 11 is 6.10. The van der Waals surface area contributed by atoms with Crippen molar-refractivity contribution in [3.05, 3.63) is 47.0 Å². The molecule has 8 heteroatoms. The van der Waals surface area contributed by atoms with Gasteiger partial charge in [-0.25, -0.2) is 4.98 Å². The van der Waals surface area contributed by atoms with Gasteiger partial charge in [-0.15, -0.1) is 24.0 Å². The van der Waals surface area contributed by atoms with E-state index >= 15 is 0 Å². The lowest BCUT2D eigenvalue weighted by Gasteiger charge is -2.22. The van der Waals surface area contributed by atoms with Crippen molar-refractivity contribution in [2.24, 2.45) is 12.0 Å². The molecule has 0 amide bonds. The van der Waals surface area contributed by atoms with Gasteiger partial charge in [0.2, 0.25) is 0 Å². The van der Waals surface area contributed by atoms with Crippen LogP contribution in [0.25, 0.3) is 0 Å². The average molecular weight is 475 g/mol. The third kappa shape index (κ3) is 5.07. The first-order chi connectivity index (χ1) is 11.6. The zero-order valence-electron chi connectivity index (χ0n) is 14.7. The number of halogens is 2. The van der Waals surface area contributed by atoms with Crippen molar-refractivity contribution in [1.29, 1.82) is 0 Å². The number of guanidine groups is 1. The predicted octanol–water partition coefficient (Wildman–Crippen LogP) is 3.04. The summed E-state index contributed by atoms with van der Waals surface area (Å²) in [5, 5.41) is 8.47. The lowest BCUT2D eigenvalue weighted by molar-refractivity contribution is 0.446. The van der Waals surface area contributed by atoms with Gasteiger partial charge in [-0.05, 0) is 31.0 Å². The zero-order chi connectivity index (χ0) is 17.1. The molecule has 1 aromatic carbocycles. The molecule has 2 aromatic rings. The molecule has 25 heavy (non-hydrogen) atoms. The zero-order valence-corrected chi connectivity index (χ0v) is 17.8. The standard InChI is InChI=1S/C17H23ClN6.HI/c1-4-19-17(23(2)10-16-20-11-21-24(16)3)22-15-9-14(15)12-6-5-7-13(18)8-12;/h5-8,11,14-15H,4,9-10H2,1-3H3,(H,19,22);1H. The van der Waals surface area contributed by atoms with Crippen LogP contribution in [-0.4, -0.2) is 45.3 Å². The summed E-state index contributed by atoms with van der Waals surface area (Å²) in [4.78, 5) is 11.0. The highest BCUT2D eigenvalue weighted by Gasteiger charge is 2.39. The number of hydrogen-bond acceptors (Lipinski definition) is 3. The molecule has 1 fully saturated rings. The van der Waals surface area contributed by atoms with Crippen LogP contribution in [0.4, 0.5) is 0 Å². The van der Waals surface area contributed by atoms with Crippen molar-refractivity contribution in [2.45, 2.75) is 31.8 Å². The Labute approximate surface area is 170 Å². The Hall–Kier alpha value is -1.35. The molecule has 0 spiro atoms. The minimum Gasteiger partial charge on any atom is -0.353 e. The molecule has 1 saturated carbocycles. The number of nitrogens with one attached hydrogen (secondary N) is 1. The molecular formula is C17H24ClIN6. The highest BCUT2D eigenvalue weighted by atomic mass is 127. The van der Waals surface area contributed by atoms with Crippen LogP contribution in [-0.2, 0) is 13.6 Å². The minimum atomic E-state index is 0. The van der Waals surface area contributed by atoms with Crippen LogP contribution in [0.2, 0.25) is 5.02 Å². The SMILES string of the molecule is CCN=C(NC1CC1c1cccc(Cl)c1)N(C)Cc1ncnn1C.I. The van der Waals surface area contributed by atoms with Crippen molar-refractivity contribution in [3.63, 3.8) is 0 Å². The van der Waals surface area contributed by atoms with Gasteiger partial charge in [0.05, 0.1) is 6.54 Å². The lowest BCUT2D eigenvalue weighted by Crippen LogP contribution is -2.40. The fourth-order valence-electron chi connectivity index (χ4n) is 2.80. The smallest absolute Gasteiger partial charge is 0.194 e. The van der Waals surface area contributed by atoms with E-state index in [1.54, 1.807) is 11.0 Å². The molecule has 0 radical (unpaired) electrons. The van der Waals surface area contributed by atoms with Crippen molar-refractivity contribution < 1.29 is 0 Å². The molecular weight excluding hydrogens is 451 g/mol. The van der Waals surface area contributed by atoms with Gasteiger partial charge in [-0.3, -0.25) is 9.67 Å². The minimum absolute atomic E-state index is 0. The fourth-order valence-corrected chi connectivity index (χ4v) is 3.00. The molecule has 0 aliphatic heterocycles. The molecule has 3 rings (SSSR count). The Morgan fingerprint density at radius 3 is 2.92 bits per heavy atom. The van der Waals surface area contributed by atoms with Gasteiger partial charge in [0, 0.05) is 37.6 Å². The van der Waals surface area contributed by atoms with Crippen LogP contribution in [0.5, 0.6) is 0 Å². The van der Waals surface area contributed by atoms with Crippen molar-refractivity contribution in [2.75, 3.05) is 13.6 Å². The van der Waals surface area contributed by atoms with Gasteiger partial charge in [0.1, 0.15) is 12.2 Å². The first kappa shape index (κ1) is 20.0. The summed E-state index contributed by atoms with van der Waals surface area (Å²) < 4.78 is 1.78. The lowest BCUT2D eigenvalue weighted by atomic mass is 10.1. The number of rotatable bonds is 5. The van der Waals surface area contributed by atoms with Gasteiger partial charge in [0.25, 0.3) is 0 Å². The van der Waals surface area contributed by atoms with E-state index in [0.29, 0.717) is 18.5 Å². The normalized spacial score (nSPS) is 19.3. The van der Waals surface area contributed by atoms with Gasteiger partial charge in [-0.1, -0.05) is 23.7 Å². The summed E-state index contributed by atoms with van der Waals surface area (Å²) in [6.07, 6.45) is 2.67. The van der Waals surface area contributed by atoms with E-state index in [1.807, 2.05) is 39.2 Å². The highest BCUT2D eigenvalue weighted by molar-refractivity contribution is 14.0. The second-order valence-corrected chi connectivity index (χ2v) is 6.54. The Balaban J connectivity index is 0.00000225. The van der Waals surface area contributed by atoms with Crippen LogP contribution in [0, 0.1) is 0 Å². The van der Waals surface area contributed by atoms with Gasteiger partial charge < -0.3 is 10.2 Å². The number of hydrogen-bond donors (Lipinski definition) is 1. The van der Waals surface area contributed by atoms with E-state index in [-0.39, 0.29) is 24.0 Å². The highest BCUT2D eigenvalue weighted by Crippen LogP contribution is 2.41. The van der Waals surface area contributed by atoms with E-state index in [4.69, 9.17) is 11.6 Å². The van der Waals surface area contributed by atoms with E-state index in [0.717, 1.165) is 29.8 Å². The van der Waals surface area contributed by atoms with Crippen molar-refractivity contribution >= 4 is 41.5 Å². The van der Waals surface area contributed by atoms with Crippen LogP contribution < -0.4 is 5.32 Å². The maximum absolute atomic E-state index is 6.10. The molecule has 2 unspecified atom stereocenters. The Morgan fingerprint density at radius 2 is 2.28 bits per heavy atom. The maximum Gasteiger partial charge on any atom is 0.194 e. The Kier molecular flexibility index (Phi) is 7.06. The monoisotopic (exact) mass is 474 g/mol. The third-order valence-electron chi connectivity index (χ3n) is 4.23. The average Bonchev–Trinajstić information content (AvgIpc) is 3.22. The number of aromatic nitrogens is 3. The first-order valence-corrected chi connectivity index (χ1v) is 8.56. The van der Waals surface area contributed by atoms with Gasteiger partial charge in [0.15, 0.2) is 5.96 Å². The van der Waals surface area contributed by atoms with Crippen LogP contribution in [0.1, 0.15) is 30.7 Å². The van der Waals surface area contributed by atoms with E-state index in [9.17, 15) is 0 Å². The van der Waals surface area contributed by atoms with Crippen molar-refractivity contribution in [1.82, 2.24) is 25.0 Å². The summed E-state index contributed by atoms with van der Waals surface area (Å²) in [5.41, 5.74) is 1.28. The number of aryl methyl sites for hydroxylation is 1. The quantitative estimate of drug-likeness (QED) is 0.411. The Morgan fingerprint density at radius 1 is 1.48 bits per heavy atom. The molecule has 6 nitrogen and oxygen atoms in total. The largest absolute Gasteiger partial charge is 0.353 e. The summed E-state index contributed by atoms with van der Waals surface area (Å²) in [5.74, 6) is 2.30. The molecule has 0 bridgehead atoms. The predicted molar refractivity (Wildman–Crippen MR) is 112 cm³/mol. The van der Waals surface area contributed by atoms with Crippen LogP contribution >= 0.6 is 35.6 Å². The number of benzene rings is 1. The maximum atomic E-state index is 6.10. The molecule has 1 N–H and O–H groups in total. The number of aliphatic imine (C=N–C) groups is 1. The molecule has 1 aromatic heterocycles. The Bertz CT molecular complexity index is 731. The van der Waals surface area contributed by atoms with Crippen LogP contribution in [0.15, 0.2) is 35.6 Å². The van der Waals surface area contributed by atoms with Crippen molar-refractivity contribution in [3.8, 4) is 0 Å². The summed E-state index contributed by atoms with van der Waals surface area (Å²) in [7, 11) is 3.92.